The molecule has 0 fully saturated rings. The van der Waals surface area contributed by atoms with Crippen LogP contribution >= 0.6 is 0 Å². The Labute approximate surface area is 82.4 Å². The predicted octanol–water partition coefficient (Wildman–Crippen LogP) is -1.06. The molecule has 0 unspecified atom stereocenters. The second-order valence-corrected chi connectivity index (χ2v) is 2.84. The van der Waals surface area contributed by atoms with Crippen molar-refractivity contribution in [3.05, 3.63) is 0 Å². The van der Waals surface area contributed by atoms with E-state index in [1.807, 2.05) is 0 Å². The van der Waals surface area contributed by atoms with Gasteiger partial charge in [-0.1, -0.05) is 0 Å². The Morgan fingerprint density at radius 2 is 2.21 bits per heavy atom. The van der Waals surface area contributed by atoms with E-state index >= 15 is 0 Å². The maximum absolute atomic E-state index is 10.7. The Kier molecular flexibility index (Phi) is 6.69. The molecule has 14 heavy (non-hydrogen) atoms. The number of amides is 1. The van der Waals surface area contributed by atoms with Crippen molar-refractivity contribution < 1.29 is 19.4 Å². The Balaban J connectivity index is 3.78. The summed E-state index contributed by atoms with van der Waals surface area (Å²) >= 11 is 0. The van der Waals surface area contributed by atoms with Crippen LogP contribution in [-0.4, -0.2) is 43.3 Å². The summed E-state index contributed by atoms with van der Waals surface area (Å²) in [5.74, 6) is -1.48. The zero-order chi connectivity index (χ0) is 11.0. The fourth-order valence-electron chi connectivity index (χ4n) is 0.935. The number of primary amides is 1. The van der Waals surface area contributed by atoms with Crippen LogP contribution in [0.25, 0.3) is 0 Å². The second-order valence-electron chi connectivity index (χ2n) is 2.84. The second kappa shape index (κ2) is 7.28. The average Bonchev–Trinajstić information content (AvgIpc) is 2.10. The summed E-state index contributed by atoms with van der Waals surface area (Å²) in [5.41, 5.74) is 4.91. The molecule has 82 valence electrons. The molecule has 0 spiro atoms. The van der Waals surface area contributed by atoms with Gasteiger partial charge in [0.2, 0.25) is 5.91 Å². The van der Waals surface area contributed by atoms with Crippen molar-refractivity contribution in [3.8, 4) is 0 Å². The van der Waals surface area contributed by atoms with Crippen LogP contribution in [0.3, 0.4) is 0 Å². The third kappa shape index (κ3) is 6.38. The van der Waals surface area contributed by atoms with E-state index in [-0.39, 0.29) is 12.8 Å². The maximum atomic E-state index is 10.7. The van der Waals surface area contributed by atoms with Crippen LogP contribution in [0.5, 0.6) is 0 Å². The molecule has 0 rings (SSSR count). The molecule has 0 aliphatic rings. The normalized spacial score (nSPS) is 12.4. The summed E-state index contributed by atoms with van der Waals surface area (Å²) < 4.78 is 4.75. The predicted molar refractivity (Wildman–Crippen MR) is 49.7 cm³/mol. The van der Waals surface area contributed by atoms with E-state index in [9.17, 15) is 9.59 Å². The fourth-order valence-corrected chi connectivity index (χ4v) is 0.935. The topological polar surface area (TPSA) is 102 Å². The third-order valence-electron chi connectivity index (χ3n) is 1.67. The molecule has 0 radical (unpaired) electrons. The lowest BCUT2D eigenvalue weighted by Crippen LogP contribution is -2.39. The quantitative estimate of drug-likeness (QED) is 0.437. The minimum Gasteiger partial charge on any atom is -0.480 e. The lowest BCUT2D eigenvalue weighted by molar-refractivity contribution is -0.139. The molecular formula is C8H16N2O4. The van der Waals surface area contributed by atoms with Gasteiger partial charge in [0, 0.05) is 20.1 Å². The van der Waals surface area contributed by atoms with Gasteiger partial charge in [-0.2, -0.15) is 0 Å². The molecule has 6 heteroatoms. The summed E-state index contributed by atoms with van der Waals surface area (Å²) in [7, 11) is 1.53. The number of carbonyl (C=O) groups is 2. The highest BCUT2D eigenvalue weighted by Gasteiger charge is 2.16. The van der Waals surface area contributed by atoms with Crippen LogP contribution in [-0.2, 0) is 14.3 Å². The van der Waals surface area contributed by atoms with E-state index in [0.29, 0.717) is 13.2 Å². The van der Waals surface area contributed by atoms with Gasteiger partial charge in [0.05, 0.1) is 6.61 Å². The average molecular weight is 204 g/mol. The molecular weight excluding hydrogens is 188 g/mol. The SMILES string of the molecule is COCCN[C@@H](CCC(N)=O)C(=O)O. The Morgan fingerprint density at radius 1 is 1.57 bits per heavy atom. The molecule has 0 bridgehead atoms. The first-order chi connectivity index (χ1) is 6.57. The number of aliphatic carboxylic acids is 1. The number of hydrogen-bond donors (Lipinski definition) is 3. The largest absolute Gasteiger partial charge is 0.480 e. The van der Waals surface area contributed by atoms with Crippen molar-refractivity contribution in [2.75, 3.05) is 20.3 Å². The summed E-state index contributed by atoms with van der Waals surface area (Å²) in [6.45, 7) is 0.868. The molecule has 0 saturated heterocycles. The molecule has 0 aliphatic heterocycles. The minimum atomic E-state index is -0.984. The number of carbonyl (C=O) groups excluding carboxylic acids is 1. The molecule has 0 saturated carbocycles. The Bertz CT molecular complexity index is 196. The molecule has 0 aromatic carbocycles. The molecule has 1 amide bonds. The van der Waals surface area contributed by atoms with Gasteiger partial charge in [0.1, 0.15) is 6.04 Å². The van der Waals surface area contributed by atoms with Gasteiger partial charge in [0.25, 0.3) is 0 Å². The lowest BCUT2D eigenvalue weighted by atomic mass is 10.1. The standard InChI is InChI=1S/C8H16N2O4/c1-14-5-4-10-6(8(12)13)2-3-7(9)11/h6,10H,2-5H2,1H3,(H2,9,11)(H,12,13)/t6-/m0/s1. The zero-order valence-corrected chi connectivity index (χ0v) is 8.16. The van der Waals surface area contributed by atoms with Gasteiger partial charge >= 0.3 is 5.97 Å². The van der Waals surface area contributed by atoms with Gasteiger partial charge in [-0.15, -0.1) is 0 Å². The van der Waals surface area contributed by atoms with Crippen molar-refractivity contribution >= 4 is 11.9 Å². The van der Waals surface area contributed by atoms with Crippen molar-refractivity contribution in [2.24, 2.45) is 5.73 Å². The first-order valence-corrected chi connectivity index (χ1v) is 4.31. The van der Waals surface area contributed by atoms with E-state index in [1.54, 1.807) is 0 Å². The van der Waals surface area contributed by atoms with Gasteiger partial charge in [-0.3, -0.25) is 9.59 Å². The number of nitrogens with two attached hydrogens (primary N) is 1. The van der Waals surface area contributed by atoms with E-state index in [1.165, 1.54) is 7.11 Å². The third-order valence-corrected chi connectivity index (χ3v) is 1.67. The van der Waals surface area contributed by atoms with E-state index < -0.39 is 17.9 Å². The number of carboxylic acids is 1. The highest BCUT2D eigenvalue weighted by Crippen LogP contribution is 1.96. The van der Waals surface area contributed by atoms with Crippen molar-refractivity contribution in [3.63, 3.8) is 0 Å². The number of ether oxygens (including phenoxy) is 1. The zero-order valence-electron chi connectivity index (χ0n) is 8.16. The van der Waals surface area contributed by atoms with Crippen LogP contribution in [0.15, 0.2) is 0 Å². The van der Waals surface area contributed by atoms with Crippen LogP contribution in [0.4, 0.5) is 0 Å². The number of hydrogen-bond acceptors (Lipinski definition) is 4. The van der Waals surface area contributed by atoms with Gasteiger partial charge in [-0.05, 0) is 6.42 Å². The Hall–Kier alpha value is -1.14. The molecule has 1 atom stereocenters. The highest BCUT2D eigenvalue weighted by atomic mass is 16.5. The van der Waals surface area contributed by atoms with Gasteiger partial charge < -0.3 is 20.9 Å². The van der Waals surface area contributed by atoms with Crippen LogP contribution in [0, 0.1) is 0 Å². The van der Waals surface area contributed by atoms with Gasteiger partial charge in [-0.25, -0.2) is 0 Å². The molecule has 0 aliphatic carbocycles. The minimum absolute atomic E-state index is 0.0664. The van der Waals surface area contributed by atoms with Crippen molar-refractivity contribution in [1.82, 2.24) is 5.32 Å². The van der Waals surface area contributed by atoms with Crippen molar-refractivity contribution in [1.29, 1.82) is 0 Å². The molecule has 0 aromatic heterocycles. The first kappa shape index (κ1) is 12.9. The number of nitrogens with one attached hydrogen (secondary N) is 1. The smallest absolute Gasteiger partial charge is 0.320 e. The molecule has 0 heterocycles. The number of rotatable bonds is 8. The summed E-state index contributed by atoms with van der Waals surface area (Å²) in [5, 5.41) is 11.5. The molecule has 0 aromatic rings. The first-order valence-electron chi connectivity index (χ1n) is 4.31. The van der Waals surface area contributed by atoms with Crippen molar-refractivity contribution in [2.45, 2.75) is 18.9 Å². The van der Waals surface area contributed by atoms with Gasteiger partial charge in [0.15, 0.2) is 0 Å². The number of methoxy groups -OCH3 is 1. The molecule has 4 N–H and O–H groups in total. The summed E-state index contributed by atoms with van der Waals surface area (Å²) in [4.78, 5) is 21.1. The summed E-state index contributed by atoms with van der Waals surface area (Å²) in [6.07, 6.45) is 0.269. The fraction of sp³-hybridized carbons (Fsp3) is 0.750. The highest BCUT2D eigenvalue weighted by molar-refractivity contribution is 5.77. The van der Waals surface area contributed by atoms with Crippen LogP contribution in [0.2, 0.25) is 0 Å². The molecule has 6 nitrogen and oxygen atoms in total. The maximum Gasteiger partial charge on any atom is 0.320 e. The summed E-state index contributed by atoms with van der Waals surface area (Å²) in [6, 6.07) is -0.738. The monoisotopic (exact) mass is 204 g/mol. The Morgan fingerprint density at radius 3 is 2.64 bits per heavy atom. The lowest BCUT2D eigenvalue weighted by Gasteiger charge is -2.12. The van der Waals surface area contributed by atoms with E-state index in [4.69, 9.17) is 15.6 Å². The van der Waals surface area contributed by atoms with E-state index in [0.717, 1.165) is 0 Å². The number of carboxylic acid groups (broad SMARTS) is 1. The van der Waals surface area contributed by atoms with Crippen LogP contribution in [0.1, 0.15) is 12.8 Å². The van der Waals surface area contributed by atoms with Crippen LogP contribution < -0.4 is 11.1 Å². The van der Waals surface area contributed by atoms with E-state index in [2.05, 4.69) is 5.32 Å².